The number of hydrogen-bond donors (Lipinski definition) is 0. The third-order valence-electron chi connectivity index (χ3n) is 2.76. The maximum absolute atomic E-state index is 4.53. The van der Waals surface area contributed by atoms with Gasteiger partial charge in [0.1, 0.15) is 10.3 Å². The number of nitrogens with zero attached hydrogens (tertiary/aromatic N) is 2. The maximum atomic E-state index is 4.53. The lowest BCUT2D eigenvalue weighted by molar-refractivity contribution is 0.544. The summed E-state index contributed by atoms with van der Waals surface area (Å²) in [6.07, 6.45) is 3.56. The highest BCUT2D eigenvalue weighted by Gasteiger charge is 2.30. The van der Waals surface area contributed by atoms with Gasteiger partial charge in [0.25, 0.3) is 0 Å². The molecular weight excluding hydrogens is 228 g/mol. The van der Waals surface area contributed by atoms with Gasteiger partial charge in [-0.15, -0.1) is 11.3 Å². The third-order valence-corrected chi connectivity index (χ3v) is 4.27. The summed E-state index contributed by atoms with van der Waals surface area (Å²) in [4.78, 5) is 11.4. The lowest BCUT2D eigenvalue weighted by Gasteiger charge is -2.26. The summed E-state index contributed by atoms with van der Waals surface area (Å²) in [6, 6.07) is 0. The molecule has 2 heterocycles. The quantitative estimate of drug-likeness (QED) is 0.695. The Morgan fingerprint density at radius 3 is 2.00 bits per heavy atom. The van der Waals surface area contributed by atoms with Crippen LogP contribution in [0, 0.1) is 0 Å². The third kappa shape index (κ3) is 2.21. The number of aromatic nitrogens is 2. The van der Waals surface area contributed by atoms with Crippen LogP contribution in [0.1, 0.15) is 52.0 Å². The van der Waals surface area contributed by atoms with Crippen molar-refractivity contribution in [2.75, 3.05) is 0 Å². The van der Waals surface area contributed by atoms with E-state index >= 15 is 0 Å². The van der Waals surface area contributed by atoms with Gasteiger partial charge in [-0.25, -0.2) is 4.98 Å². The van der Waals surface area contributed by atoms with Crippen LogP contribution in [-0.2, 0) is 10.8 Å². The minimum absolute atomic E-state index is 0.108. The van der Waals surface area contributed by atoms with E-state index in [1.165, 1.54) is 10.4 Å². The fraction of sp³-hybridized carbons (Fsp3) is 0.571. The molecule has 0 N–H and O–H groups in total. The molecule has 0 fully saturated rings. The van der Waals surface area contributed by atoms with Crippen LogP contribution in [0.4, 0.5) is 0 Å². The Kier molecular flexibility index (Phi) is 2.77. The minimum Gasteiger partial charge on any atom is -0.252 e. The number of rotatable bonds is 0. The maximum Gasteiger partial charge on any atom is 0.142 e. The van der Waals surface area contributed by atoms with Gasteiger partial charge in [0.05, 0.1) is 0 Å². The molecule has 0 bridgehead atoms. The molecule has 0 atom stereocenters. The van der Waals surface area contributed by atoms with Gasteiger partial charge in [0.15, 0.2) is 0 Å². The van der Waals surface area contributed by atoms with Crippen molar-refractivity contribution < 1.29 is 0 Å². The molecule has 17 heavy (non-hydrogen) atoms. The number of hydrogen-bond acceptors (Lipinski definition) is 3. The summed E-state index contributed by atoms with van der Waals surface area (Å²) in [5.41, 5.74) is 2.69. The molecular formula is C14H20N2S. The lowest BCUT2D eigenvalue weighted by Crippen LogP contribution is -2.19. The first-order chi connectivity index (χ1) is 7.71. The van der Waals surface area contributed by atoms with Crippen LogP contribution in [0.15, 0.2) is 12.4 Å². The minimum atomic E-state index is 0.108. The molecule has 0 unspecified atom stereocenters. The molecule has 0 aliphatic carbocycles. The summed E-state index contributed by atoms with van der Waals surface area (Å²) in [5.74, 6) is 0. The number of fused-ring (bicyclic) bond motifs is 1. The van der Waals surface area contributed by atoms with Gasteiger partial charge in [-0.05, 0) is 16.4 Å². The van der Waals surface area contributed by atoms with Crippen LogP contribution in [-0.4, -0.2) is 9.97 Å². The average molecular weight is 248 g/mol. The molecule has 0 aliphatic heterocycles. The zero-order valence-corrected chi connectivity index (χ0v) is 12.3. The standard InChI is InChI=1S/C14H20N2S/c1-13(2,3)9-10-12(16-8-7-15-10)17-11(9)14(4,5)6/h7-8H,1-6H3. The van der Waals surface area contributed by atoms with E-state index in [1.807, 2.05) is 0 Å². The molecule has 0 spiro atoms. The van der Waals surface area contributed by atoms with Crippen molar-refractivity contribution in [3.63, 3.8) is 0 Å². The van der Waals surface area contributed by atoms with E-state index < -0.39 is 0 Å². The Hall–Kier alpha value is -0.960. The topological polar surface area (TPSA) is 25.8 Å². The smallest absolute Gasteiger partial charge is 0.142 e. The van der Waals surface area contributed by atoms with Gasteiger partial charge >= 0.3 is 0 Å². The van der Waals surface area contributed by atoms with E-state index in [1.54, 1.807) is 23.7 Å². The summed E-state index contributed by atoms with van der Waals surface area (Å²) in [7, 11) is 0. The van der Waals surface area contributed by atoms with Gasteiger partial charge < -0.3 is 0 Å². The van der Waals surface area contributed by atoms with Crippen LogP contribution in [0.2, 0.25) is 0 Å². The van der Waals surface area contributed by atoms with E-state index in [9.17, 15) is 0 Å². The summed E-state index contributed by atoms with van der Waals surface area (Å²) in [5, 5.41) is 0. The molecule has 3 heteroatoms. The van der Waals surface area contributed by atoms with Gasteiger partial charge in [-0.3, -0.25) is 4.98 Å². The molecule has 92 valence electrons. The van der Waals surface area contributed by atoms with Crippen molar-refractivity contribution in [2.45, 2.75) is 52.4 Å². The lowest BCUT2D eigenvalue weighted by atomic mass is 9.80. The largest absolute Gasteiger partial charge is 0.252 e. The monoisotopic (exact) mass is 248 g/mol. The normalized spacial score (nSPS) is 13.3. The fourth-order valence-corrected chi connectivity index (χ4v) is 3.42. The van der Waals surface area contributed by atoms with Gasteiger partial charge in [0, 0.05) is 17.3 Å². The van der Waals surface area contributed by atoms with Crippen molar-refractivity contribution >= 4 is 21.7 Å². The molecule has 2 aromatic heterocycles. The molecule has 2 nitrogen and oxygen atoms in total. The fourth-order valence-electron chi connectivity index (χ4n) is 2.05. The summed E-state index contributed by atoms with van der Waals surface area (Å²) < 4.78 is 0. The highest BCUT2D eigenvalue weighted by molar-refractivity contribution is 7.19. The first-order valence-electron chi connectivity index (χ1n) is 5.96. The van der Waals surface area contributed by atoms with Crippen LogP contribution in [0.5, 0.6) is 0 Å². The molecule has 0 aliphatic rings. The van der Waals surface area contributed by atoms with Crippen molar-refractivity contribution in [2.24, 2.45) is 0 Å². The summed E-state index contributed by atoms with van der Waals surface area (Å²) >= 11 is 1.78. The Morgan fingerprint density at radius 2 is 1.47 bits per heavy atom. The zero-order chi connectivity index (χ0) is 12.8. The van der Waals surface area contributed by atoms with E-state index in [2.05, 4.69) is 51.5 Å². The number of thiophene rings is 1. The Bertz CT molecular complexity index is 541. The molecule has 2 rings (SSSR count). The molecule has 0 saturated heterocycles. The van der Waals surface area contributed by atoms with E-state index in [4.69, 9.17) is 0 Å². The predicted molar refractivity (Wildman–Crippen MR) is 74.8 cm³/mol. The van der Waals surface area contributed by atoms with Crippen molar-refractivity contribution in [1.29, 1.82) is 0 Å². The van der Waals surface area contributed by atoms with Gasteiger partial charge in [-0.2, -0.15) is 0 Å². The Labute approximate surface area is 107 Å². The zero-order valence-electron chi connectivity index (χ0n) is 11.5. The first kappa shape index (κ1) is 12.5. The van der Waals surface area contributed by atoms with Gasteiger partial charge in [0.2, 0.25) is 0 Å². The highest BCUT2D eigenvalue weighted by atomic mass is 32.1. The van der Waals surface area contributed by atoms with E-state index in [0.717, 1.165) is 10.3 Å². The summed E-state index contributed by atoms with van der Waals surface area (Å²) in [6.45, 7) is 13.5. The molecule has 0 saturated carbocycles. The Balaban J connectivity index is 2.84. The highest BCUT2D eigenvalue weighted by Crippen LogP contribution is 2.42. The molecule has 0 amide bonds. The van der Waals surface area contributed by atoms with Crippen molar-refractivity contribution in [3.8, 4) is 0 Å². The molecule has 0 radical (unpaired) electrons. The second-order valence-corrected chi connectivity index (χ2v) is 7.52. The Morgan fingerprint density at radius 1 is 0.882 bits per heavy atom. The predicted octanol–water partition coefficient (Wildman–Crippen LogP) is 4.29. The van der Waals surface area contributed by atoms with Gasteiger partial charge in [-0.1, -0.05) is 41.5 Å². The van der Waals surface area contributed by atoms with Crippen LogP contribution >= 0.6 is 11.3 Å². The second-order valence-electron chi connectivity index (χ2n) is 6.52. The second kappa shape index (κ2) is 3.77. The van der Waals surface area contributed by atoms with Crippen LogP contribution in [0.25, 0.3) is 10.3 Å². The first-order valence-corrected chi connectivity index (χ1v) is 6.77. The molecule has 0 aromatic carbocycles. The van der Waals surface area contributed by atoms with E-state index in [-0.39, 0.29) is 10.8 Å². The van der Waals surface area contributed by atoms with Crippen LogP contribution < -0.4 is 0 Å². The van der Waals surface area contributed by atoms with Crippen molar-refractivity contribution in [3.05, 3.63) is 22.8 Å². The van der Waals surface area contributed by atoms with Crippen LogP contribution in [0.3, 0.4) is 0 Å². The van der Waals surface area contributed by atoms with E-state index in [0.29, 0.717) is 0 Å². The average Bonchev–Trinajstić information content (AvgIpc) is 2.54. The molecule has 2 aromatic rings. The van der Waals surface area contributed by atoms with Crippen molar-refractivity contribution in [1.82, 2.24) is 9.97 Å². The SMILES string of the molecule is CC(C)(C)c1sc2nccnc2c1C(C)(C)C.